The van der Waals surface area contributed by atoms with E-state index in [1.165, 1.54) is 0 Å². The Morgan fingerprint density at radius 3 is 2.80 bits per heavy atom. The number of nitrogen functional groups attached to an aromatic ring is 1. The van der Waals surface area contributed by atoms with Crippen molar-refractivity contribution in [1.82, 2.24) is 9.97 Å². The van der Waals surface area contributed by atoms with Crippen molar-refractivity contribution in [1.29, 1.82) is 0 Å². The molecular weight excluding hydrogens is 135 g/mol. The number of halogens is 1. The van der Waals surface area contributed by atoms with Gasteiger partial charge in [-0.25, -0.2) is 0 Å². The Morgan fingerprint density at radius 1 is 1.60 bits per heavy atom. The summed E-state index contributed by atoms with van der Waals surface area (Å²) in [6, 6.07) is 1.06. The van der Waals surface area contributed by atoms with Crippen molar-refractivity contribution in [2.45, 2.75) is 0 Å². The molecule has 0 spiro atoms. The molecule has 0 aliphatic rings. The normalized spacial score (nSPS) is 9.40. The Balaban J connectivity index is 3.06. The summed E-state index contributed by atoms with van der Waals surface area (Å²) in [5.41, 5.74) is 5.20. The predicted octanol–water partition coefficient (Wildman–Crippen LogP) is 0.240. The highest BCUT2D eigenvalue weighted by Crippen LogP contribution is 2.03. The lowest BCUT2D eigenvalue weighted by atomic mass is 10.6. The zero-order valence-corrected chi connectivity index (χ0v) is 5.43. The summed E-state index contributed by atoms with van der Waals surface area (Å²) in [7, 11) is 1.59. The van der Waals surface area contributed by atoms with Crippen LogP contribution < -0.4 is 11.1 Å². The molecule has 1 rings (SSSR count). The molecule has 4 nitrogen and oxygen atoms in total. The van der Waals surface area contributed by atoms with Crippen LogP contribution in [0.3, 0.4) is 0 Å². The Hall–Kier alpha value is -1.39. The zero-order chi connectivity index (χ0) is 7.56. The number of nitrogens with two attached hydrogens (primary N) is 1. The van der Waals surface area contributed by atoms with Gasteiger partial charge in [-0.3, -0.25) is 0 Å². The van der Waals surface area contributed by atoms with E-state index in [4.69, 9.17) is 5.73 Å². The quantitative estimate of drug-likeness (QED) is 0.551. The van der Waals surface area contributed by atoms with E-state index in [2.05, 4.69) is 15.3 Å². The number of rotatable bonds is 1. The van der Waals surface area contributed by atoms with Gasteiger partial charge < -0.3 is 11.1 Å². The fraction of sp³-hybridized carbons (Fsp3) is 0.200. The molecule has 1 aromatic rings. The van der Waals surface area contributed by atoms with Gasteiger partial charge in [-0.1, -0.05) is 0 Å². The fourth-order valence-corrected chi connectivity index (χ4v) is 0.547. The molecule has 0 atom stereocenters. The van der Waals surface area contributed by atoms with Crippen molar-refractivity contribution in [2.75, 3.05) is 18.1 Å². The Labute approximate surface area is 57.3 Å². The van der Waals surface area contributed by atoms with E-state index in [0.717, 1.165) is 6.07 Å². The molecule has 0 aliphatic heterocycles. The molecule has 1 heterocycles. The van der Waals surface area contributed by atoms with Crippen molar-refractivity contribution in [3.63, 3.8) is 0 Å². The van der Waals surface area contributed by atoms with Crippen LogP contribution in [0.15, 0.2) is 6.07 Å². The van der Waals surface area contributed by atoms with Crippen molar-refractivity contribution in [2.24, 2.45) is 0 Å². The number of aromatic nitrogens is 2. The number of hydrogen-bond acceptors (Lipinski definition) is 4. The fourth-order valence-electron chi connectivity index (χ4n) is 0.547. The third-order valence-electron chi connectivity index (χ3n) is 0.938. The van der Waals surface area contributed by atoms with Gasteiger partial charge in [0.15, 0.2) is 0 Å². The molecule has 0 bridgehead atoms. The van der Waals surface area contributed by atoms with Gasteiger partial charge in [-0.15, -0.1) is 0 Å². The van der Waals surface area contributed by atoms with Crippen molar-refractivity contribution in [3.8, 4) is 0 Å². The van der Waals surface area contributed by atoms with E-state index in [1.54, 1.807) is 7.05 Å². The molecule has 0 aliphatic carbocycles. The summed E-state index contributed by atoms with van der Waals surface area (Å²) < 4.78 is 12.3. The third kappa shape index (κ3) is 1.31. The highest BCUT2D eigenvalue weighted by Gasteiger charge is 1.97. The average Bonchev–Trinajstić information content (AvgIpc) is 1.85. The lowest BCUT2D eigenvalue weighted by Crippen LogP contribution is -2.01. The molecule has 0 saturated carbocycles. The molecule has 10 heavy (non-hydrogen) atoms. The van der Waals surface area contributed by atoms with Gasteiger partial charge in [-0.05, 0) is 0 Å². The van der Waals surface area contributed by atoms with Gasteiger partial charge in [0.05, 0.1) is 0 Å². The Kier molecular flexibility index (Phi) is 1.66. The molecule has 3 N–H and O–H groups in total. The summed E-state index contributed by atoms with van der Waals surface area (Å²) in [6.45, 7) is 0. The number of nitrogens with one attached hydrogen (secondary N) is 1. The van der Waals surface area contributed by atoms with Crippen LogP contribution in [0.2, 0.25) is 0 Å². The second kappa shape index (κ2) is 2.47. The van der Waals surface area contributed by atoms with Crippen LogP contribution in [0, 0.1) is 5.95 Å². The molecule has 5 heteroatoms. The maximum Gasteiger partial charge on any atom is 0.227 e. The first-order chi connectivity index (χ1) is 4.72. The van der Waals surface area contributed by atoms with E-state index in [9.17, 15) is 4.39 Å². The summed E-state index contributed by atoms with van der Waals surface area (Å²) in [6.07, 6.45) is 0. The first kappa shape index (κ1) is 6.73. The van der Waals surface area contributed by atoms with Crippen LogP contribution >= 0.6 is 0 Å². The molecule has 0 aromatic carbocycles. The first-order valence-corrected chi connectivity index (χ1v) is 2.70. The van der Waals surface area contributed by atoms with Crippen LogP contribution in [0.1, 0.15) is 0 Å². The third-order valence-corrected chi connectivity index (χ3v) is 0.938. The van der Waals surface area contributed by atoms with E-state index in [0.29, 0.717) is 0 Å². The van der Waals surface area contributed by atoms with E-state index in [-0.39, 0.29) is 11.8 Å². The van der Waals surface area contributed by atoms with E-state index in [1.807, 2.05) is 0 Å². The maximum absolute atomic E-state index is 12.3. The second-order valence-electron chi connectivity index (χ2n) is 1.69. The summed E-state index contributed by atoms with van der Waals surface area (Å²) in [5, 5.41) is 2.57. The number of nitrogens with zero attached hydrogens (tertiary/aromatic N) is 2. The van der Waals surface area contributed by atoms with Gasteiger partial charge in [-0.2, -0.15) is 14.4 Å². The van der Waals surface area contributed by atoms with Crippen molar-refractivity contribution >= 4 is 11.8 Å². The summed E-state index contributed by atoms with van der Waals surface area (Å²) in [5.74, 6) is -0.314. The summed E-state index contributed by atoms with van der Waals surface area (Å²) in [4.78, 5) is 7.05. The molecule has 1 aromatic heterocycles. The monoisotopic (exact) mass is 142 g/mol. The largest absolute Gasteiger partial charge is 0.383 e. The minimum absolute atomic E-state index is 0.122. The summed E-state index contributed by atoms with van der Waals surface area (Å²) >= 11 is 0. The highest BCUT2D eigenvalue weighted by molar-refractivity contribution is 5.34. The van der Waals surface area contributed by atoms with E-state index < -0.39 is 5.95 Å². The minimum atomic E-state index is -0.628. The van der Waals surface area contributed by atoms with Crippen LogP contribution in [0.4, 0.5) is 16.2 Å². The van der Waals surface area contributed by atoms with Crippen LogP contribution in [-0.2, 0) is 0 Å². The van der Waals surface area contributed by atoms with Gasteiger partial charge in [0.2, 0.25) is 11.9 Å². The smallest absolute Gasteiger partial charge is 0.227 e. The van der Waals surface area contributed by atoms with Crippen LogP contribution in [0.25, 0.3) is 0 Å². The Bertz CT molecular complexity index is 217. The molecule has 0 unspecified atom stereocenters. The predicted molar refractivity (Wildman–Crippen MR) is 35.9 cm³/mol. The molecule has 0 fully saturated rings. The first-order valence-electron chi connectivity index (χ1n) is 2.70. The Morgan fingerprint density at radius 2 is 2.30 bits per heavy atom. The second-order valence-corrected chi connectivity index (χ2v) is 1.69. The zero-order valence-electron chi connectivity index (χ0n) is 5.43. The average molecular weight is 142 g/mol. The van der Waals surface area contributed by atoms with Crippen molar-refractivity contribution in [3.05, 3.63) is 12.0 Å². The van der Waals surface area contributed by atoms with Crippen LogP contribution in [-0.4, -0.2) is 17.0 Å². The number of anilines is 2. The number of hydrogen-bond donors (Lipinski definition) is 2. The van der Waals surface area contributed by atoms with Gasteiger partial charge in [0, 0.05) is 13.1 Å². The molecule has 0 radical (unpaired) electrons. The molecular formula is C5H7FN4. The lowest BCUT2D eigenvalue weighted by Gasteiger charge is -1.97. The molecule has 0 saturated heterocycles. The topological polar surface area (TPSA) is 63.8 Å². The van der Waals surface area contributed by atoms with E-state index >= 15 is 0 Å². The minimum Gasteiger partial charge on any atom is -0.383 e. The SMILES string of the molecule is CNc1nc(N)cc(F)n1. The lowest BCUT2D eigenvalue weighted by molar-refractivity contribution is 0.583. The molecule has 0 amide bonds. The van der Waals surface area contributed by atoms with Gasteiger partial charge >= 0.3 is 0 Å². The van der Waals surface area contributed by atoms with Gasteiger partial charge in [0.1, 0.15) is 5.82 Å². The molecule has 54 valence electrons. The maximum atomic E-state index is 12.3. The van der Waals surface area contributed by atoms with Crippen molar-refractivity contribution < 1.29 is 4.39 Å². The standard InChI is InChI=1S/C5H7FN4/c1-8-5-9-3(6)2-4(7)10-5/h2H,1H3,(H3,7,8,9,10). The van der Waals surface area contributed by atoms with Gasteiger partial charge in [0.25, 0.3) is 0 Å². The highest BCUT2D eigenvalue weighted by atomic mass is 19.1. The van der Waals surface area contributed by atoms with Crippen LogP contribution in [0.5, 0.6) is 0 Å².